The monoisotopic (exact) mass is 402 g/mol. The molecule has 29 heavy (non-hydrogen) atoms. The normalized spacial score (nSPS) is 21.9. The molecule has 6 nitrogen and oxygen atoms in total. The summed E-state index contributed by atoms with van der Waals surface area (Å²) >= 11 is 0. The molecule has 0 bridgehead atoms. The molecule has 160 valence electrons. The summed E-state index contributed by atoms with van der Waals surface area (Å²) in [5.74, 6) is 1.31. The van der Waals surface area contributed by atoms with E-state index in [0.717, 1.165) is 43.5 Å². The highest BCUT2D eigenvalue weighted by Crippen LogP contribution is 2.40. The van der Waals surface area contributed by atoms with Crippen LogP contribution in [0.4, 0.5) is 0 Å². The van der Waals surface area contributed by atoms with Crippen LogP contribution in [0.5, 0.6) is 5.75 Å². The molecule has 0 radical (unpaired) electrons. The summed E-state index contributed by atoms with van der Waals surface area (Å²) in [6.07, 6.45) is 4.82. The van der Waals surface area contributed by atoms with Gasteiger partial charge in [0.15, 0.2) is 0 Å². The number of morpholine rings is 1. The van der Waals surface area contributed by atoms with Crippen LogP contribution in [0.3, 0.4) is 0 Å². The van der Waals surface area contributed by atoms with E-state index >= 15 is 0 Å². The molecule has 1 atom stereocenters. The van der Waals surface area contributed by atoms with Crippen LogP contribution >= 0.6 is 0 Å². The van der Waals surface area contributed by atoms with Crippen molar-refractivity contribution in [2.75, 3.05) is 33.4 Å². The first-order chi connectivity index (χ1) is 13.9. The lowest BCUT2D eigenvalue weighted by atomic mass is 9.68. The van der Waals surface area contributed by atoms with Crippen LogP contribution in [0, 0.1) is 5.92 Å². The first-order valence-electron chi connectivity index (χ1n) is 10.8. The maximum absolute atomic E-state index is 13.4. The second-order valence-electron chi connectivity index (χ2n) is 8.71. The van der Waals surface area contributed by atoms with Gasteiger partial charge in [-0.2, -0.15) is 0 Å². The average Bonchev–Trinajstić information content (AvgIpc) is 2.74. The fourth-order valence-corrected chi connectivity index (χ4v) is 4.51. The molecule has 1 aliphatic carbocycles. The number of hydrogen-bond acceptors (Lipinski definition) is 4. The Hall–Kier alpha value is -2.08. The van der Waals surface area contributed by atoms with Crippen molar-refractivity contribution in [3.05, 3.63) is 29.8 Å². The lowest BCUT2D eigenvalue weighted by Gasteiger charge is -2.38. The van der Waals surface area contributed by atoms with E-state index in [4.69, 9.17) is 9.47 Å². The Bertz CT molecular complexity index is 695. The van der Waals surface area contributed by atoms with Gasteiger partial charge in [0.1, 0.15) is 12.4 Å². The Morgan fingerprint density at radius 3 is 2.55 bits per heavy atom. The predicted molar refractivity (Wildman–Crippen MR) is 112 cm³/mol. The summed E-state index contributed by atoms with van der Waals surface area (Å²) in [6, 6.07) is 7.89. The van der Waals surface area contributed by atoms with Gasteiger partial charge in [0.2, 0.25) is 11.8 Å². The highest BCUT2D eigenvalue weighted by molar-refractivity contribution is 5.88. The number of hydrogen-bond donors (Lipinski definition) is 1. The van der Waals surface area contributed by atoms with Crippen LogP contribution in [0.25, 0.3) is 0 Å². The Morgan fingerprint density at radius 2 is 1.93 bits per heavy atom. The van der Waals surface area contributed by atoms with Gasteiger partial charge in [0, 0.05) is 19.6 Å². The molecule has 1 N–H and O–H groups in total. The van der Waals surface area contributed by atoms with Crippen LogP contribution in [-0.4, -0.2) is 56.2 Å². The molecule has 1 unspecified atom stereocenters. The van der Waals surface area contributed by atoms with Gasteiger partial charge in [0.25, 0.3) is 0 Å². The molecule has 6 heteroatoms. The molecule has 1 saturated heterocycles. The number of methoxy groups -OCH3 is 1. The Morgan fingerprint density at radius 1 is 1.24 bits per heavy atom. The zero-order valence-electron chi connectivity index (χ0n) is 17.9. The highest BCUT2D eigenvalue weighted by Gasteiger charge is 2.41. The molecule has 1 aliphatic heterocycles. The van der Waals surface area contributed by atoms with Gasteiger partial charge in [0.05, 0.1) is 18.6 Å². The first kappa shape index (κ1) is 21.6. The summed E-state index contributed by atoms with van der Waals surface area (Å²) in [6.45, 7) is 5.98. The van der Waals surface area contributed by atoms with Crippen LogP contribution in [0.15, 0.2) is 24.3 Å². The van der Waals surface area contributed by atoms with Crippen molar-refractivity contribution < 1.29 is 19.1 Å². The molecule has 2 aliphatic rings. The Kier molecular flexibility index (Phi) is 7.17. The molecule has 2 fully saturated rings. The van der Waals surface area contributed by atoms with Gasteiger partial charge in [-0.1, -0.05) is 45.2 Å². The molecule has 3 rings (SSSR count). The molecular weight excluding hydrogens is 368 g/mol. The third kappa shape index (κ3) is 5.10. The third-order valence-corrected chi connectivity index (χ3v) is 6.08. The number of nitrogens with one attached hydrogen (secondary N) is 1. The van der Waals surface area contributed by atoms with E-state index < -0.39 is 5.41 Å². The minimum Gasteiger partial charge on any atom is -0.497 e. The maximum atomic E-state index is 13.4. The second kappa shape index (κ2) is 9.61. The van der Waals surface area contributed by atoms with Crippen LogP contribution in [0.2, 0.25) is 0 Å². The van der Waals surface area contributed by atoms with Gasteiger partial charge >= 0.3 is 0 Å². The van der Waals surface area contributed by atoms with Gasteiger partial charge in [-0.3, -0.25) is 9.59 Å². The van der Waals surface area contributed by atoms with E-state index in [1.54, 1.807) is 7.11 Å². The molecule has 1 aromatic rings. The standard InChI is InChI=1S/C23H34N2O4/c1-17(2)14-25-15-20(29-16-21(25)26)13-24-22(27)23(11-5-4-6-12-23)18-7-9-19(28-3)10-8-18/h7-10,17,20H,4-6,11-16H2,1-3H3,(H,24,27). The minimum absolute atomic E-state index is 0.0308. The van der Waals surface area contributed by atoms with Crippen LogP contribution in [-0.2, 0) is 19.7 Å². The molecular formula is C23H34N2O4. The fraction of sp³-hybridized carbons (Fsp3) is 0.652. The predicted octanol–water partition coefficient (Wildman–Crippen LogP) is 2.90. The molecule has 2 amide bonds. The van der Waals surface area contributed by atoms with Crippen molar-refractivity contribution in [2.24, 2.45) is 5.92 Å². The van der Waals surface area contributed by atoms with Crippen molar-refractivity contribution >= 4 is 11.8 Å². The van der Waals surface area contributed by atoms with Crippen LogP contribution < -0.4 is 10.1 Å². The number of nitrogens with zero attached hydrogens (tertiary/aromatic N) is 1. The molecule has 0 aromatic heterocycles. The van der Waals surface area contributed by atoms with E-state index in [1.165, 1.54) is 6.42 Å². The van der Waals surface area contributed by atoms with Crippen molar-refractivity contribution in [2.45, 2.75) is 57.5 Å². The molecule has 1 heterocycles. The number of carbonyl (C=O) groups is 2. The molecule has 1 saturated carbocycles. The summed E-state index contributed by atoms with van der Waals surface area (Å²) in [4.78, 5) is 27.3. The third-order valence-electron chi connectivity index (χ3n) is 6.08. The van der Waals surface area contributed by atoms with Crippen molar-refractivity contribution in [1.82, 2.24) is 10.2 Å². The van der Waals surface area contributed by atoms with Gasteiger partial charge in [-0.05, 0) is 36.5 Å². The quantitative estimate of drug-likeness (QED) is 0.762. The Labute approximate surface area is 173 Å². The minimum atomic E-state index is -0.493. The zero-order valence-corrected chi connectivity index (χ0v) is 17.9. The second-order valence-corrected chi connectivity index (χ2v) is 8.71. The average molecular weight is 403 g/mol. The van der Waals surface area contributed by atoms with E-state index in [-0.39, 0.29) is 24.5 Å². The van der Waals surface area contributed by atoms with Gasteiger partial charge in [-0.15, -0.1) is 0 Å². The number of benzene rings is 1. The lowest BCUT2D eigenvalue weighted by Crippen LogP contribution is -2.53. The first-order valence-corrected chi connectivity index (χ1v) is 10.8. The smallest absolute Gasteiger partial charge is 0.248 e. The number of carbonyl (C=O) groups excluding carboxylic acids is 2. The summed E-state index contributed by atoms with van der Waals surface area (Å²) < 4.78 is 11.0. The summed E-state index contributed by atoms with van der Waals surface area (Å²) in [5.41, 5.74) is 0.559. The van der Waals surface area contributed by atoms with Crippen LogP contribution in [0.1, 0.15) is 51.5 Å². The van der Waals surface area contributed by atoms with Crippen molar-refractivity contribution in [3.63, 3.8) is 0 Å². The fourth-order valence-electron chi connectivity index (χ4n) is 4.51. The largest absolute Gasteiger partial charge is 0.497 e. The SMILES string of the molecule is COc1ccc(C2(C(=O)NCC3CN(CC(C)C)C(=O)CO3)CCCCC2)cc1. The van der Waals surface area contributed by atoms with E-state index in [1.807, 2.05) is 29.2 Å². The molecule has 1 aromatic carbocycles. The maximum Gasteiger partial charge on any atom is 0.248 e. The zero-order chi connectivity index (χ0) is 20.9. The van der Waals surface area contributed by atoms with Crippen molar-refractivity contribution in [1.29, 1.82) is 0 Å². The van der Waals surface area contributed by atoms with Gasteiger partial charge < -0.3 is 19.7 Å². The molecule has 0 spiro atoms. The van der Waals surface area contributed by atoms with E-state index in [0.29, 0.717) is 19.0 Å². The number of rotatable bonds is 7. The lowest BCUT2D eigenvalue weighted by molar-refractivity contribution is -0.149. The van der Waals surface area contributed by atoms with E-state index in [2.05, 4.69) is 19.2 Å². The van der Waals surface area contributed by atoms with Gasteiger partial charge in [-0.25, -0.2) is 0 Å². The van der Waals surface area contributed by atoms with E-state index in [9.17, 15) is 9.59 Å². The summed E-state index contributed by atoms with van der Waals surface area (Å²) in [7, 11) is 1.65. The Balaban J connectivity index is 1.66. The highest BCUT2D eigenvalue weighted by atomic mass is 16.5. The summed E-state index contributed by atoms with van der Waals surface area (Å²) in [5, 5.41) is 3.15. The number of amides is 2. The number of ether oxygens (including phenoxy) is 2. The van der Waals surface area contributed by atoms with Crippen molar-refractivity contribution in [3.8, 4) is 5.75 Å². The topological polar surface area (TPSA) is 67.9 Å².